The number of allylic oxidation sites excluding steroid dienone is 8. The summed E-state index contributed by atoms with van der Waals surface area (Å²) in [5.74, 6) is 0. The zero-order chi connectivity index (χ0) is 21.3. The van der Waals surface area contributed by atoms with Crippen LogP contribution in [0.25, 0.3) is 11.1 Å². The van der Waals surface area contributed by atoms with Gasteiger partial charge in [0.2, 0.25) is 0 Å². The molecule has 0 fully saturated rings. The third kappa shape index (κ3) is 2.77. The second-order valence-corrected chi connectivity index (χ2v) is 15.6. The summed E-state index contributed by atoms with van der Waals surface area (Å²) in [4.78, 5) is 0.406. The molecule has 0 amide bonds. The molecule has 0 saturated heterocycles. The third-order valence-electron chi connectivity index (χ3n) is 8.00. The summed E-state index contributed by atoms with van der Waals surface area (Å²) in [5, 5.41) is 1.68. The number of fused-ring (bicyclic) bond motifs is 4. The van der Waals surface area contributed by atoms with Crippen LogP contribution in [-0.2, 0) is 0 Å². The molecule has 2 heteroatoms. The van der Waals surface area contributed by atoms with Gasteiger partial charge in [-0.25, -0.2) is 0 Å². The first-order valence-corrected chi connectivity index (χ1v) is 15.7. The predicted octanol–water partition coefficient (Wildman–Crippen LogP) is 8.42. The summed E-state index contributed by atoms with van der Waals surface area (Å²) < 4.78 is 0. The molecule has 0 aliphatic heterocycles. The van der Waals surface area contributed by atoms with Crippen molar-refractivity contribution in [3.63, 3.8) is 0 Å². The first-order chi connectivity index (χ1) is 15.0. The smallest absolute Gasteiger partial charge is 0.0790 e. The quantitative estimate of drug-likeness (QED) is 0.296. The fourth-order valence-corrected chi connectivity index (χ4v) is 12.1. The van der Waals surface area contributed by atoms with Crippen LogP contribution in [0.3, 0.4) is 0 Å². The van der Waals surface area contributed by atoms with Crippen LogP contribution < -0.4 is 0 Å². The van der Waals surface area contributed by atoms with Gasteiger partial charge in [-0.15, -0.1) is 0 Å². The van der Waals surface area contributed by atoms with E-state index in [0.717, 1.165) is 0 Å². The molecule has 2 aromatic rings. The highest BCUT2D eigenvalue weighted by Crippen LogP contribution is 2.55. The molecular weight excluding hydrogens is 456 g/mol. The lowest BCUT2D eigenvalue weighted by molar-refractivity contribution is 0.669. The molecule has 0 radical (unpaired) electrons. The summed E-state index contributed by atoms with van der Waals surface area (Å²) in [5.41, 5.74) is 14.3. The SMILES string of the molecule is CC1=C([Si](C)(C)C2c3ccccc3-c3ccccc32)C2=CC3=C(CCCC3)C(Br)C2=C1. The maximum absolute atomic E-state index is 4.12. The molecule has 0 heterocycles. The molecule has 4 aliphatic carbocycles. The van der Waals surface area contributed by atoms with Crippen molar-refractivity contribution in [2.75, 3.05) is 0 Å². The molecule has 0 aromatic heterocycles. The second kappa shape index (κ2) is 7.05. The highest BCUT2D eigenvalue weighted by Gasteiger charge is 2.47. The Morgan fingerprint density at radius 1 is 0.839 bits per heavy atom. The Balaban J connectivity index is 1.52. The van der Waals surface area contributed by atoms with E-state index in [0.29, 0.717) is 10.4 Å². The minimum atomic E-state index is -1.88. The van der Waals surface area contributed by atoms with Gasteiger partial charge < -0.3 is 0 Å². The van der Waals surface area contributed by atoms with Gasteiger partial charge in [-0.1, -0.05) is 95.3 Å². The van der Waals surface area contributed by atoms with Crippen molar-refractivity contribution in [3.05, 3.63) is 105 Å². The van der Waals surface area contributed by atoms with E-state index >= 15 is 0 Å². The topological polar surface area (TPSA) is 0 Å². The summed E-state index contributed by atoms with van der Waals surface area (Å²) in [6.45, 7) is 7.59. The Morgan fingerprint density at radius 2 is 1.45 bits per heavy atom. The normalized spacial score (nSPS) is 22.6. The van der Waals surface area contributed by atoms with E-state index in [1.165, 1.54) is 48.0 Å². The minimum Gasteiger partial charge on any atom is -0.0790 e. The molecular formula is C29H29BrSi. The summed E-state index contributed by atoms with van der Waals surface area (Å²) in [7, 11) is -1.88. The van der Waals surface area contributed by atoms with Crippen molar-refractivity contribution in [1.29, 1.82) is 0 Å². The molecule has 1 unspecified atom stereocenters. The van der Waals surface area contributed by atoms with E-state index in [-0.39, 0.29) is 0 Å². The van der Waals surface area contributed by atoms with Crippen molar-refractivity contribution in [2.45, 2.75) is 56.1 Å². The molecule has 0 N–H and O–H groups in total. The van der Waals surface area contributed by atoms with Gasteiger partial charge in [0.05, 0.1) is 12.9 Å². The lowest BCUT2D eigenvalue weighted by Gasteiger charge is -2.37. The van der Waals surface area contributed by atoms with Crippen molar-refractivity contribution in [3.8, 4) is 11.1 Å². The second-order valence-electron chi connectivity index (χ2n) is 10.2. The standard InChI is InChI=1S/C29H29BrSi/c1-18-16-25-26(17-19-10-4-5-11-20(19)27(25)30)28(18)31(2,3)29-23-14-8-6-12-21(23)22-13-7-9-15-24(22)29/h6-9,12-17,27,29H,4-5,10-11H2,1-3H3. The summed E-state index contributed by atoms with van der Waals surface area (Å²) in [6.07, 6.45) is 10.3. The van der Waals surface area contributed by atoms with Gasteiger partial charge in [-0.05, 0) is 82.3 Å². The number of rotatable bonds is 2. The average Bonchev–Trinajstić information content (AvgIpc) is 3.29. The Morgan fingerprint density at radius 3 is 2.13 bits per heavy atom. The molecule has 31 heavy (non-hydrogen) atoms. The Kier molecular flexibility index (Phi) is 4.49. The zero-order valence-electron chi connectivity index (χ0n) is 18.6. The molecule has 2 aromatic carbocycles. The zero-order valence-corrected chi connectivity index (χ0v) is 21.2. The number of halogens is 1. The van der Waals surface area contributed by atoms with Crippen molar-refractivity contribution < 1.29 is 0 Å². The van der Waals surface area contributed by atoms with E-state index in [1.54, 1.807) is 33.0 Å². The van der Waals surface area contributed by atoms with Crippen LogP contribution in [0.2, 0.25) is 13.1 Å². The van der Waals surface area contributed by atoms with Crippen LogP contribution in [-0.4, -0.2) is 12.9 Å². The molecule has 6 rings (SSSR count). The van der Waals surface area contributed by atoms with Gasteiger partial charge in [0, 0.05) is 5.54 Å². The monoisotopic (exact) mass is 484 g/mol. The fourth-order valence-electron chi connectivity index (χ4n) is 6.81. The third-order valence-corrected chi connectivity index (χ3v) is 13.1. The molecule has 0 spiro atoms. The van der Waals surface area contributed by atoms with Crippen LogP contribution >= 0.6 is 15.9 Å². The van der Waals surface area contributed by atoms with Gasteiger partial charge in [0.25, 0.3) is 0 Å². The van der Waals surface area contributed by atoms with E-state index < -0.39 is 8.07 Å². The highest BCUT2D eigenvalue weighted by molar-refractivity contribution is 9.09. The van der Waals surface area contributed by atoms with Gasteiger partial charge in [0.1, 0.15) is 0 Å². The van der Waals surface area contributed by atoms with Crippen LogP contribution in [0.4, 0.5) is 0 Å². The van der Waals surface area contributed by atoms with Gasteiger partial charge in [0.15, 0.2) is 0 Å². The lowest BCUT2D eigenvalue weighted by atomic mass is 9.81. The summed E-state index contributed by atoms with van der Waals surface area (Å²) in [6, 6.07) is 18.3. The first-order valence-electron chi connectivity index (χ1n) is 11.7. The van der Waals surface area contributed by atoms with Crippen molar-refractivity contribution >= 4 is 24.0 Å². The van der Waals surface area contributed by atoms with Crippen molar-refractivity contribution in [1.82, 2.24) is 0 Å². The maximum Gasteiger partial charge on any atom is 0.0939 e. The van der Waals surface area contributed by atoms with E-state index in [4.69, 9.17) is 0 Å². The average molecular weight is 486 g/mol. The number of alkyl halides is 1. The van der Waals surface area contributed by atoms with E-state index in [2.05, 4.69) is 96.6 Å². The number of hydrogen-bond donors (Lipinski definition) is 0. The Bertz CT molecular complexity index is 1190. The minimum absolute atomic E-state index is 0.406. The van der Waals surface area contributed by atoms with E-state index in [9.17, 15) is 0 Å². The van der Waals surface area contributed by atoms with Crippen LogP contribution in [0, 0.1) is 0 Å². The largest absolute Gasteiger partial charge is 0.0939 e. The predicted molar refractivity (Wildman–Crippen MR) is 138 cm³/mol. The molecule has 0 nitrogen and oxygen atoms in total. The van der Waals surface area contributed by atoms with Gasteiger partial charge in [-0.3, -0.25) is 0 Å². The highest BCUT2D eigenvalue weighted by atomic mass is 79.9. The number of hydrogen-bond acceptors (Lipinski definition) is 0. The van der Waals surface area contributed by atoms with Gasteiger partial charge in [-0.2, -0.15) is 0 Å². The molecule has 156 valence electrons. The number of benzene rings is 2. The molecule has 0 bridgehead atoms. The first kappa shape index (κ1) is 19.8. The summed E-state index contributed by atoms with van der Waals surface area (Å²) >= 11 is 4.12. The van der Waals surface area contributed by atoms with E-state index in [1.807, 2.05) is 0 Å². The van der Waals surface area contributed by atoms with Crippen LogP contribution in [0.15, 0.2) is 93.7 Å². The molecule has 4 aliphatic rings. The molecule has 1 atom stereocenters. The fraction of sp³-hybridized carbons (Fsp3) is 0.310. The van der Waals surface area contributed by atoms with Crippen molar-refractivity contribution in [2.24, 2.45) is 0 Å². The van der Waals surface area contributed by atoms with Crippen LogP contribution in [0.1, 0.15) is 49.3 Å². The van der Waals surface area contributed by atoms with Crippen LogP contribution in [0.5, 0.6) is 0 Å². The Labute approximate surface area is 195 Å². The Hall–Kier alpha value is -1.90. The lowest BCUT2D eigenvalue weighted by Crippen LogP contribution is -2.39. The maximum atomic E-state index is 4.12. The molecule has 0 saturated carbocycles. The van der Waals surface area contributed by atoms with Gasteiger partial charge >= 0.3 is 0 Å².